The van der Waals surface area contributed by atoms with Crippen molar-refractivity contribution >= 4 is 21.4 Å². The number of ether oxygens (including phenoxy) is 3. The maximum Gasteiger partial charge on any atom is 0.338 e. The van der Waals surface area contributed by atoms with E-state index in [9.17, 15) is 13.2 Å². The molecule has 3 aromatic carbocycles. The molecule has 0 bridgehead atoms. The number of carbonyl (C=O) groups is 1. The second-order valence-electron chi connectivity index (χ2n) is 12.4. The molecule has 0 aromatic heterocycles. The van der Waals surface area contributed by atoms with E-state index < -0.39 is 15.6 Å². The van der Waals surface area contributed by atoms with Gasteiger partial charge in [0.15, 0.2) is 15.6 Å². The molecular formula is C36H38O6S. The number of benzene rings is 3. The lowest BCUT2D eigenvalue weighted by Gasteiger charge is -2.23. The number of sulfone groups is 1. The van der Waals surface area contributed by atoms with E-state index in [2.05, 4.69) is 24.3 Å². The summed E-state index contributed by atoms with van der Waals surface area (Å²) in [7, 11) is -3.34. The highest BCUT2D eigenvalue weighted by Gasteiger charge is 2.52. The molecule has 3 saturated carbocycles. The Labute approximate surface area is 254 Å². The Balaban J connectivity index is 1.19. The van der Waals surface area contributed by atoms with Crippen LogP contribution in [0.25, 0.3) is 5.57 Å². The molecule has 7 rings (SSSR count). The first-order valence-electron chi connectivity index (χ1n) is 15.6. The molecule has 0 radical (unpaired) electrons. The van der Waals surface area contributed by atoms with Crippen LogP contribution >= 0.6 is 0 Å². The third-order valence-corrected chi connectivity index (χ3v) is 11.5. The Morgan fingerprint density at radius 1 is 0.884 bits per heavy atom. The van der Waals surface area contributed by atoms with Crippen molar-refractivity contribution in [3.63, 3.8) is 0 Å². The fourth-order valence-electron chi connectivity index (χ4n) is 6.72. The van der Waals surface area contributed by atoms with E-state index >= 15 is 0 Å². The summed E-state index contributed by atoms with van der Waals surface area (Å²) < 4.78 is 45.5. The van der Waals surface area contributed by atoms with E-state index in [-0.39, 0.29) is 41.9 Å². The van der Waals surface area contributed by atoms with Crippen molar-refractivity contribution in [2.24, 2.45) is 5.92 Å². The van der Waals surface area contributed by atoms with Gasteiger partial charge in [-0.05, 0) is 85.3 Å². The van der Waals surface area contributed by atoms with Crippen LogP contribution in [0.4, 0.5) is 0 Å². The van der Waals surface area contributed by atoms with Gasteiger partial charge in [-0.25, -0.2) is 13.2 Å². The van der Waals surface area contributed by atoms with E-state index in [1.807, 2.05) is 48.5 Å². The SMILES string of the molecule is CCOC(=O)/C(=C\[C@@H]1CCC2(C1)O[C@@H](c1ccccc1)[C@H](c1ccccc1)O2)c1ccc(S(=O)(=O)C2CC2)c(C2CC2)c1. The van der Waals surface area contributed by atoms with E-state index in [1.54, 1.807) is 19.1 Å². The van der Waals surface area contributed by atoms with Crippen LogP contribution in [-0.2, 0) is 28.8 Å². The highest BCUT2D eigenvalue weighted by Crippen LogP contribution is 2.55. The molecule has 4 fully saturated rings. The Morgan fingerprint density at radius 2 is 1.51 bits per heavy atom. The summed E-state index contributed by atoms with van der Waals surface area (Å²) in [5.41, 5.74) is 4.20. The maximum atomic E-state index is 13.3. The minimum atomic E-state index is -3.34. The lowest BCUT2D eigenvalue weighted by molar-refractivity contribution is -0.172. The number of hydrogen-bond acceptors (Lipinski definition) is 6. The molecule has 3 aliphatic carbocycles. The number of carbonyl (C=O) groups excluding carboxylic acids is 1. The average Bonchev–Trinajstić information content (AvgIpc) is 3.97. The lowest BCUT2D eigenvalue weighted by Crippen LogP contribution is -2.26. The van der Waals surface area contributed by atoms with Gasteiger partial charge >= 0.3 is 5.97 Å². The predicted molar refractivity (Wildman–Crippen MR) is 164 cm³/mol. The van der Waals surface area contributed by atoms with Crippen molar-refractivity contribution in [2.45, 2.75) is 85.9 Å². The first kappa shape index (κ1) is 28.5. The second-order valence-corrected chi connectivity index (χ2v) is 14.6. The van der Waals surface area contributed by atoms with Gasteiger partial charge in [-0.15, -0.1) is 0 Å². The molecular weight excluding hydrogens is 560 g/mol. The monoisotopic (exact) mass is 598 g/mol. The van der Waals surface area contributed by atoms with Gasteiger partial charge in [0.2, 0.25) is 0 Å². The first-order valence-corrected chi connectivity index (χ1v) is 17.1. The predicted octanol–water partition coefficient (Wildman–Crippen LogP) is 7.47. The number of rotatable bonds is 9. The minimum Gasteiger partial charge on any atom is -0.462 e. The quantitative estimate of drug-likeness (QED) is 0.188. The molecule has 0 unspecified atom stereocenters. The zero-order chi connectivity index (χ0) is 29.6. The summed E-state index contributed by atoms with van der Waals surface area (Å²) >= 11 is 0. The first-order chi connectivity index (χ1) is 20.9. The fourth-order valence-corrected chi connectivity index (χ4v) is 8.65. The summed E-state index contributed by atoms with van der Waals surface area (Å²) in [6.45, 7) is 2.06. The van der Waals surface area contributed by atoms with E-state index in [0.29, 0.717) is 28.9 Å². The van der Waals surface area contributed by atoms with Gasteiger partial charge < -0.3 is 14.2 Å². The van der Waals surface area contributed by atoms with Crippen LogP contribution in [0.5, 0.6) is 0 Å². The van der Waals surface area contributed by atoms with Crippen LogP contribution < -0.4 is 0 Å². The fraction of sp³-hybridized carbons (Fsp3) is 0.417. The summed E-state index contributed by atoms with van der Waals surface area (Å²) in [4.78, 5) is 13.8. The molecule has 4 aliphatic rings. The Hall–Kier alpha value is -3.26. The largest absolute Gasteiger partial charge is 0.462 e. The van der Waals surface area contributed by atoms with Crippen molar-refractivity contribution in [1.82, 2.24) is 0 Å². The molecule has 224 valence electrons. The number of esters is 1. The number of hydrogen-bond donors (Lipinski definition) is 0. The van der Waals surface area contributed by atoms with Crippen molar-refractivity contribution < 1.29 is 27.4 Å². The third-order valence-electron chi connectivity index (χ3n) is 9.19. The molecule has 1 heterocycles. The Bertz CT molecular complexity index is 1580. The lowest BCUT2D eigenvalue weighted by atomic mass is 9.96. The molecule has 1 saturated heterocycles. The molecule has 1 aliphatic heterocycles. The van der Waals surface area contributed by atoms with Gasteiger partial charge in [0.1, 0.15) is 12.2 Å². The smallest absolute Gasteiger partial charge is 0.338 e. The van der Waals surface area contributed by atoms with Crippen molar-refractivity contribution in [3.05, 3.63) is 107 Å². The minimum absolute atomic E-state index is 0.0320. The van der Waals surface area contributed by atoms with Crippen LogP contribution in [-0.4, -0.2) is 32.0 Å². The average molecular weight is 599 g/mol. The molecule has 3 atom stereocenters. The van der Waals surface area contributed by atoms with E-state index in [0.717, 1.165) is 48.8 Å². The van der Waals surface area contributed by atoms with Gasteiger partial charge in [-0.3, -0.25) is 0 Å². The van der Waals surface area contributed by atoms with Crippen LogP contribution in [0.1, 0.15) is 92.2 Å². The van der Waals surface area contributed by atoms with E-state index in [1.165, 1.54) is 0 Å². The van der Waals surface area contributed by atoms with Crippen molar-refractivity contribution in [3.8, 4) is 0 Å². The summed E-state index contributed by atoms with van der Waals surface area (Å²) in [6.07, 6.45) is 7.06. The van der Waals surface area contributed by atoms with Gasteiger partial charge in [-0.1, -0.05) is 72.8 Å². The van der Waals surface area contributed by atoms with Crippen LogP contribution in [0.3, 0.4) is 0 Å². The van der Waals surface area contributed by atoms with Gasteiger partial charge in [0.25, 0.3) is 0 Å². The Kier molecular flexibility index (Phi) is 7.52. The normalized spacial score (nSPS) is 25.2. The highest BCUT2D eigenvalue weighted by molar-refractivity contribution is 7.92. The summed E-state index contributed by atoms with van der Waals surface area (Å²) in [5.74, 6) is -0.888. The molecule has 3 aromatic rings. The molecule has 0 amide bonds. The molecule has 7 heteroatoms. The zero-order valence-electron chi connectivity index (χ0n) is 24.5. The van der Waals surface area contributed by atoms with Gasteiger partial charge in [-0.2, -0.15) is 0 Å². The Morgan fingerprint density at radius 3 is 2.07 bits per heavy atom. The van der Waals surface area contributed by atoms with E-state index in [4.69, 9.17) is 14.2 Å². The van der Waals surface area contributed by atoms with Crippen LogP contribution in [0, 0.1) is 5.92 Å². The van der Waals surface area contributed by atoms with Crippen molar-refractivity contribution in [2.75, 3.05) is 6.61 Å². The summed E-state index contributed by atoms with van der Waals surface area (Å²) in [6, 6.07) is 25.9. The maximum absolute atomic E-state index is 13.3. The molecule has 0 N–H and O–H groups in total. The topological polar surface area (TPSA) is 78.9 Å². The van der Waals surface area contributed by atoms with Crippen LogP contribution in [0.2, 0.25) is 0 Å². The van der Waals surface area contributed by atoms with Gasteiger partial charge in [0, 0.05) is 12.8 Å². The standard InChI is InChI=1S/C36H38O6S/c1-2-40-35(37)31(28-15-18-32(30(22-28)25-13-14-25)43(38,39)29-16-17-29)21-24-19-20-36(23-24)41-33(26-9-5-3-6-10-26)34(42-36)27-11-7-4-8-12-27/h3-12,15,18,21-22,24-25,29,33-34H,2,13-14,16-17,19-20,23H2,1H3/b31-21-/t24-,33-,34-/m0/s1. The molecule has 1 spiro atoms. The van der Waals surface area contributed by atoms with Gasteiger partial charge in [0.05, 0.1) is 22.3 Å². The third kappa shape index (κ3) is 5.70. The molecule has 43 heavy (non-hydrogen) atoms. The highest BCUT2D eigenvalue weighted by atomic mass is 32.2. The zero-order valence-corrected chi connectivity index (χ0v) is 25.3. The second kappa shape index (κ2) is 11.3. The van der Waals surface area contributed by atoms with Crippen LogP contribution in [0.15, 0.2) is 89.8 Å². The molecule has 6 nitrogen and oxygen atoms in total. The van der Waals surface area contributed by atoms with Crippen molar-refractivity contribution in [1.29, 1.82) is 0 Å². The summed E-state index contributed by atoms with van der Waals surface area (Å²) in [5, 5.41) is -0.267. The number of allylic oxidation sites excluding steroid dienone is 1.